The first-order chi connectivity index (χ1) is 12.8. The molecule has 0 amide bonds. The number of aryl methyl sites for hydroxylation is 2. The van der Waals surface area contributed by atoms with Gasteiger partial charge < -0.3 is 0 Å². The standard InChI is InChI=1S/C22H16F4O/c1-12-3-5-14(9-18(12)23)10-20(27)17-8-6-15(11-19(17)24)16-7-4-13(2)21(25)22(16)26/h3-9,11H,10H2,1-2H3. The Morgan fingerprint density at radius 1 is 0.778 bits per heavy atom. The molecule has 0 aliphatic rings. The molecule has 0 spiro atoms. The first-order valence-electron chi connectivity index (χ1n) is 8.30. The number of hydrogen-bond acceptors (Lipinski definition) is 1. The third-order valence-electron chi connectivity index (χ3n) is 4.46. The molecule has 0 N–H and O–H groups in total. The van der Waals surface area contributed by atoms with Crippen LogP contribution in [-0.2, 0) is 6.42 Å². The average molecular weight is 372 g/mol. The van der Waals surface area contributed by atoms with Crippen LogP contribution in [0, 0.1) is 37.1 Å². The van der Waals surface area contributed by atoms with Crippen LogP contribution in [0.5, 0.6) is 0 Å². The number of carbonyl (C=O) groups is 1. The summed E-state index contributed by atoms with van der Waals surface area (Å²) < 4.78 is 55.9. The highest BCUT2D eigenvalue weighted by molar-refractivity contribution is 5.98. The molecule has 0 atom stereocenters. The van der Waals surface area contributed by atoms with Crippen molar-refractivity contribution in [1.29, 1.82) is 0 Å². The first kappa shape index (κ1) is 18.8. The van der Waals surface area contributed by atoms with Gasteiger partial charge in [-0.05, 0) is 54.3 Å². The Balaban J connectivity index is 1.89. The van der Waals surface area contributed by atoms with E-state index in [4.69, 9.17) is 0 Å². The minimum atomic E-state index is -1.07. The summed E-state index contributed by atoms with van der Waals surface area (Å²) in [6.45, 7) is 3.03. The molecule has 3 aromatic rings. The van der Waals surface area contributed by atoms with E-state index in [2.05, 4.69) is 0 Å². The molecule has 0 aliphatic heterocycles. The van der Waals surface area contributed by atoms with Crippen molar-refractivity contribution in [3.8, 4) is 11.1 Å². The molecular weight excluding hydrogens is 356 g/mol. The average Bonchev–Trinajstić information content (AvgIpc) is 2.63. The van der Waals surface area contributed by atoms with Gasteiger partial charge in [0.15, 0.2) is 17.4 Å². The van der Waals surface area contributed by atoms with E-state index in [9.17, 15) is 22.4 Å². The summed E-state index contributed by atoms with van der Waals surface area (Å²) in [6.07, 6.45) is -0.166. The number of carbonyl (C=O) groups excluding carboxylic acids is 1. The molecule has 0 saturated heterocycles. The van der Waals surface area contributed by atoms with Crippen LogP contribution in [0.1, 0.15) is 27.0 Å². The van der Waals surface area contributed by atoms with Gasteiger partial charge >= 0.3 is 0 Å². The monoisotopic (exact) mass is 372 g/mol. The molecule has 0 saturated carbocycles. The molecule has 3 aromatic carbocycles. The molecule has 0 aliphatic carbocycles. The molecule has 0 unspecified atom stereocenters. The number of Topliss-reactive ketones (excluding diaryl/α,β-unsaturated/α-hetero) is 1. The van der Waals surface area contributed by atoms with Gasteiger partial charge in [-0.15, -0.1) is 0 Å². The molecule has 0 heterocycles. The Bertz CT molecular complexity index is 1040. The van der Waals surface area contributed by atoms with Crippen molar-refractivity contribution >= 4 is 5.78 Å². The number of rotatable bonds is 4. The lowest BCUT2D eigenvalue weighted by molar-refractivity contribution is 0.0989. The van der Waals surface area contributed by atoms with Crippen LogP contribution in [0.25, 0.3) is 11.1 Å². The molecule has 1 nitrogen and oxygen atoms in total. The fraction of sp³-hybridized carbons (Fsp3) is 0.136. The lowest BCUT2D eigenvalue weighted by atomic mass is 9.97. The highest BCUT2D eigenvalue weighted by Gasteiger charge is 2.17. The molecule has 5 heteroatoms. The van der Waals surface area contributed by atoms with Crippen molar-refractivity contribution in [2.45, 2.75) is 20.3 Å². The predicted molar refractivity (Wildman–Crippen MR) is 95.7 cm³/mol. The van der Waals surface area contributed by atoms with Crippen molar-refractivity contribution in [3.05, 3.63) is 94.1 Å². The minimum Gasteiger partial charge on any atom is -0.294 e. The summed E-state index contributed by atoms with van der Waals surface area (Å²) in [5.74, 6) is -3.87. The summed E-state index contributed by atoms with van der Waals surface area (Å²) in [4.78, 5) is 12.3. The van der Waals surface area contributed by atoms with Crippen molar-refractivity contribution in [1.82, 2.24) is 0 Å². The maximum absolute atomic E-state index is 14.4. The third-order valence-corrected chi connectivity index (χ3v) is 4.46. The van der Waals surface area contributed by atoms with E-state index < -0.39 is 29.1 Å². The molecule has 0 bridgehead atoms. The van der Waals surface area contributed by atoms with Crippen molar-refractivity contribution < 1.29 is 22.4 Å². The Labute approximate surface area is 154 Å². The Morgan fingerprint density at radius 2 is 1.48 bits per heavy atom. The molecular formula is C22H16F4O. The van der Waals surface area contributed by atoms with Crippen molar-refractivity contribution in [2.24, 2.45) is 0 Å². The van der Waals surface area contributed by atoms with Gasteiger partial charge in [0.2, 0.25) is 0 Å². The van der Waals surface area contributed by atoms with Crippen LogP contribution in [0.2, 0.25) is 0 Å². The van der Waals surface area contributed by atoms with Gasteiger partial charge in [-0.2, -0.15) is 0 Å². The summed E-state index contributed by atoms with van der Waals surface area (Å²) in [5, 5.41) is 0. The van der Waals surface area contributed by atoms with Gasteiger partial charge in [-0.25, -0.2) is 17.6 Å². The fourth-order valence-corrected chi connectivity index (χ4v) is 2.80. The smallest absolute Gasteiger partial charge is 0.170 e. The molecule has 138 valence electrons. The van der Waals surface area contributed by atoms with Gasteiger partial charge in [0.05, 0.1) is 5.56 Å². The van der Waals surface area contributed by atoms with E-state index in [1.54, 1.807) is 19.1 Å². The van der Waals surface area contributed by atoms with E-state index >= 15 is 0 Å². The van der Waals surface area contributed by atoms with Gasteiger partial charge in [-0.1, -0.05) is 30.3 Å². The summed E-state index contributed by atoms with van der Waals surface area (Å²) >= 11 is 0. The Kier molecular flexibility index (Phi) is 5.13. The zero-order valence-electron chi connectivity index (χ0n) is 14.7. The second-order valence-corrected chi connectivity index (χ2v) is 6.44. The first-order valence-corrected chi connectivity index (χ1v) is 8.30. The van der Waals surface area contributed by atoms with E-state index in [0.717, 1.165) is 6.07 Å². The molecule has 0 fully saturated rings. The van der Waals surface area contributed by atoms with Crippen LogP contribution < -0.4 is 0 Å². The summed E-state index contributed by atoms with van der Waals surface area (Å²) in [6, 6.07) is 10.7. The Morgan fingerprint density at radius 3 is 2.15 bits per heavy atom. The van der Waals surface area contributed by atoms with Crippen LogP contribution >= 0.6 is 0 Å². The van der Waals surface area contributed by atoms with Gasteiger partial charge in [0.1, 0.15) is 11.6 Å². The van der Waals surface area contributed by atoms with E-state index in [1.165, 1.54) is 37.3 Å². The maximum Gasteiger partial charge on any atom is 0.170 e. The lowest BCUT2D eigenvalue weighted by Crippen LogP contribution is -2.07. The second-order valence-electron chi connectivity index (χ2n) is 6.44. The molecule has 0 radical (unpaired) electrons. The topological polar surface area (TPSA) is 17.1 Å². The van der Waals surface area contributed by atoms with E-state index in [1.807, 2.05) is 0 Å². The molecule has 27 heavy (non-hydrogen) atoms. The molecule has 3 rings (SSSR count). The SMILES string of the molecule is Cc1ccc(CC(=O)c2ccc(-c3ccc(C)c(F)c3F)cc2F)cc1F. The summed E-state index contributed by atoms with van der Waals surface area (Å²) in [5.41, 5.74) is 0.882. The van der Waals surface area contributed by atoms with Crippen LogP contribution in [0.4, 0.5) is 17.6 Å². The maximum atomic E-state index is 14.4. The normalized spacial score (nSPS) is 10.9. The van der Waals surface area contributed by atoms with Crippen molar-refractivity contribution in [2.75, 3.05) is 0 Å². The zero-order chi connectivity index (χ0) is 19.7. The lowest BCUT2D eigenvalue weighted by Gasteiger charge is -2.09. The Hall–Kier alpha value is -2.95. The third kappa shape index (κ3) is 3.77. The van der Waals surface area contributed by atoms with E-state index in [-0.39, 0.29) is 28.7 Å². The fourth-order valence-electron chi connectivity index (χ4n) is 2.80. The summed E-state index contributed by atoms with van der Waals surface area (Å²) in [7, 11) is 0. The quantitative estimate of drug-likeness (QED) is 0.408. The largest absolute Gasteiger partial charge is 0.294 e. The van der Waals surface area contributed by atoms with Gasteiger partial charge in [0, 0.05) is 12.0 Å². The van der Waals surface area contributed by atoms with Crippen molar-refractivity contribution in [3.63, 3.8) is 0 Å². The number of hydrogen-bond donors (Lipinski definition) is 0. The second kappa shape index (κ2) is 7.35. The van der Waals surface area contributed by atoms with Crippen LogP contribution in [-0.4, -0.2) is 5.78 Å². The van der Waals surface area contributed by atoms with Crippen LogP contribution in [0.15, 0.2) is 48.5 Å². The zero-order valence-corrected chi connectivity index (χ0v) is 14.7. The molecule has 0 aromatic heterocycles. The van der Waals surface area contributed by atoms with Gasteiger partial charge in [0.25, 0.3) is 0 Å². The predicted octanol–water partition coefficient (Wildman–Crippen LogP) is 5.95. The highest BCUT2D eigenvalue weighted by Crippen LogP contribution is 2.28. The van der Waals surface area contributed by atoms with E-state index in [0.29, 0.717) is 11.1 Å². The number of benzene rings is 3. The van der Waals surface area contributed by atoms with Crippen LogP contribution in [0.3, 0.4) is 0 Å². The van der Waals surface area contributed by atoms with Gasteiger partial charge in [-0.3, -0.25) is 4.79 Å². The number of ketones is 1. The highest BCUT2D eigenvalue weighted by atomic mass is 19.2. The minimum absolute atomic E-state index is 0.0865. The number of halogens is 4.